The number of anilines is 2. The lowest BCUT2D eigenvalue weighted by atomic mass is 10.0. The number of esters is 1. The highest BCUT2D eigenvalue weighted by Gasteiger charge is 2.37. The quantitative estimate of drug-likeness (QED) is 0.865. The fraction of sp³-hybridized carbons (Fsp3) is 0.643. The molecule has 4 nitrogen and oxygen atoms in total. The van der Waals surface area contributed by atoms with E-state index < -0.39 is 0 Å². The maximum Gasteiger partial charge on any atom is 0.350 e. The van der Waals surface area contributed by atoms with Crippen LogP contribution in [0.4, 0.5) is 10.7 Å². The van der Waals surface area contributed by atoms with E-state index in [4.69, 9.17) is 10.5 Å². The molecule has 5 heteroatoms. The van der Waals surface area contributed by atoms with E-state index in [1.807, 2.05) is 13.0 Å². The van der Waals surface area contributed by atoms with Gasteiger partial charge in [0.1, 0.15) is 4.88 Å². The number of carbonyl (C=O) groups excluding carboxylic acids is 1. The molecule has 1 aliphatic heterocycles. The van der Waals surface area contributed by atoms with Crippen molar-refractivity contribution < 1.29 is 9.53 Å². The maximum atomic E-state index is 11.8. The van der Waals surface area contributed by atoms with Gasteiger partial charge in [-0.3, -0.25) is 0 Å². The number of hydrogen-bond acceptors (Lipinski definition) is 5. The Morgan fingerprint density at radius 2 is 2.16 bits per heavy atom. The van der Waals surface area contributed by atoms with Crippen LogP contribution < -0.4 is 10.6 Å². The minimum Gasteiger partial charge on any atom is -0.462 e. The van der Waals surface area contributed by atoms with E-state index in [1.54, 1.807) is 0 Å². The van der Waals surface area contributed by atoms with E-state index in [1.165, 1.54) is 30.6 Å². The molecule has 0 amide bonds. The molecule has 3 rings (SSSR count). The topological polar surface area (TPSA) is 55.6 Å². The van der Waals surface area contributed by atoms with Crippen LogP contribution in [0.15, 0.2) is 6.07 Å². The van der Waals surface area contributed by atoms with Gasteiger partial charge in [0.2, 0.25) is 0 Å². The minimum absolute atomic E-state index is 0.296. The Labute approximate surface area is 117 Å². The second kappa shape index (κ2) is 5.04. The molecule has 1 aromatic rings. The monoisotopic (exact) mass is 280 g/mol. The summed E-state index contributed by atoms with van der Waals surface area (Å²) in [7, 11) is 0. The Hall–Kier alpha value is -1.23. The van der Waals surface area contributed by atoms with Crippen molar-refractivity contribution in [1.82, 2.24) is 0 Å². The standard InChI is InChI=1S/C14H20N2O2S/c1-2-18-14(17)13-11(15)6-12(19-13)16-7-9-4-3-5-10(9)8-16/h6,9-10H,2-5,7-8,15H2,1H3. The molecule has 104 valence electrons. The van der Waals surface area contributed by atoms with Gasteiger partial charge in [0.15, 0.2) is 0 Å². The Morgan fingerprint density at radius 1 is 1.47 bits per heavy atom. The molecule has 2 unspecified atom stereocenters. The van der Waals surface area contributed by atoms with Crippen LogP contribution >= 0.6 is 11.3 Å². The van der Waals surface area contributed by atoms with Crippen molar-refractivity contribution >= 4 is 28.0 Å². The van der Waals surface area contributed by atoms with E-state index in [0.717, 1.165) is 29.9 Å². The first kappa shape index (κ1) is 12.8. The van der Waals surface area contributed by atoms with Crippen LogP contribution in [0, 0.1) is 11.8 Å². The van der Waals surface area contributed by atoms with Crippen molar-refractivity contribution in [3.8, 4) is 0 Å². The predicted octanol–water partition coefficient (Wildman–Crippen LogP) is 2.74. The van der Waals surface area contributed by atoms with E-state index in [9.17, 15) is 4.79 Å². The number of nitrogens with zero attached hydrogens (tertiary/aromatic N) is 1. The first-order valence-electron chi connectivity index (χ1n) is 7.00. The third-order valence-electron chi connectivity index (χ3n) is 4.25. The highest BCUT2D eigenvalue weighted by atomic mass is 32.1. The van der Waals surface area contributed by atoms with Gasteiger partial charge in [-0.15, -0.1) is 11.3 Å². The zero-order valence-electron chi connectivity index (χ0n) is 11.2. The number of nitrogen functional groups attached to an aromatic ring is 1. The average molecular weight is 280 g/mol. The molecule has 1 aromatic heterocycles. The van der Waals surface area contributed by atoms with Crippen molar-refractivity contribution in [3.05, 3.63) is 10.9 Å². The molecule has 2 N–H and O–H groups in total. The van der Waals surface area contributed by atoms with Crippen LogP contribution in [0.3, 0.4) is 0 Å². The van der Waals surface area contributed by atoms with Gasteiger partial charge in [-0.2, -0.15) is 0 Å². The summed E-state index contributed by atoms with van der Waals surface area (Å²) in [5.74, 6) is 1.39. The molecule has 0 bridgehead atoms. The number of fused-ring (bicyclic) bond motifs is 1. The molecule has 2 fully saturated rings. The SMILES string of the molecule is CCOC(=O)c1sc(N2CC3CCCC3C2)cc1N. The Balaban J connectivity index is 1.76. The second-order valence-electron chi connectivity index (χ2n) is 5.45. The molecule has 2 aliphatic rings. The van der Waals surface area contributed by atoms with Crippen LogP contribution in [0.1, 0.15) is 35.9 Å². The van der Waals surface area contributed by atoms with E-state index in [0.29, 0.717) is 17.2 Å². The van der Waals surface area contributed by atoms with Crippen molar-refractivity contribution in [2.24, 2.45) is 11.8 Å². The summed E-state index contributed by atoms with van der Waals surface area (Å²) in [4.78, 5) is 14.7. The number of hydrogen-bond donors (Lipinski definition) is 1. The largest absolute Gasteiger partial charge is 0.462 e. The van der Waals surface area contributed by atoms with Crippen LogP contribution in [0.25, 0.3) is 0 Å². The van der Waals surface area contributed by atoms with Gasteiger partial charge in [0.25, 0.3) is 0 Å². The van der Waals surface area contributed by atoms with Crippen LogP contribution in [-0.2, 0) is 4.74 Å². The van der Waals surface area contributed by atoms with Gasteiger partial charge in [-0.25, -0.2) is 4.79 Å². The van der Waals surface area contributed by atoms with Gasteiger partial charge in [0, 0.05) is 13.1 Å². The number of carbonyl (C=O) groups is 1. The Bertz CT molecular complexity index is 474. The lowest BCUT2D eigenvalue weighted by Crippen LogP contribution is -2.19. The third kappa shape index (κ3) is 2.31. The molecular weight excluding hydrogens is 260 g/mol. The second-order valence-corrected chi connectivity index (χ2v) is 6.48. The first-order chi connectivity index (χ1) is 9.19. The molecule has 1 aliphatic carbocycles. The number of thiophene rings is 1. The lowest BCUT2D eigenvalue weighted by molar-refractivity contribution is 0.0533. The van der Waals surface area contributed by atoms with Gasteiger partial charge in [-0.05, 0) is 37.7 Å². The third-order valence-corrected chi connectivity index (χ3v) is 5.44. The van der Waals surface area contributed by atoms with Gasteiger partial charge in [-0.1, -0.05) is 6.42 Å². The summed E-state index contributed by atoms with van der Waals surface area (Å²) in [5.41, 5.74) is 6.49. The molecule has 0 aromatic carbocycles. The van der Waals surface area contributed by atoms with Crippen molar-refractivity contribution in [3.63, 3.8) is 0 Å². The number of nitrogens with two attached hydrogens (primary N) is 1. The fourth-order valence-corrected chi connectivity index (χ4v) is 4.31. The van der Waals surface area contributed by atoms with Crippen molar-refractivity contribution in [2.45, 2.75) is 26.2 Å². The molecular formula is C14H20N2O2S. The highest BCUT2D eigenvalue weighted by Crippen LogP contribution is 2.42. The molecule has 2 heterocycles. The number of rotatable bonds is 3. The fourth-order valence-electron chi connectivity index (χ4n) is 3.32. The van der Waals surface area contributed by atoms with Gasteiger partial charge < -0.3 is 15.4 Å². The summed E-state index contributed by atoms with van der Waals surface area (Å²) in [6.45, 7) is 4.43. The van der Waals surface area contributed by atoms with E-state index in [2.05, 4.69) is 4.90 Å². The van der Waals surface area contributed by atoms with E-state index in [-0.39, 0.29) is 5.97 Å². The van der Waals surface area contributed by atoms with Crippen molar-refractivity contribution in [2.75, 3.05) is 30.3 Å². The highest BCUT2D eigenvalue weighted by molar-refractivity contribution is 7.18. The summed E-state index contributed by atoms with van der Waals surface area (Å²) < 4.78 is 5.03. The molecule has 1 saturated heterocycles. The maximum absolute atomic E-state index is 11.8. The average Bonchev–Trinajstić information content (AvgIpc) is 3.01. The molecule has 1 saturated carbocycles. The van der Waals surface area contributed by atoms with Crippen LogP contribution in [0.2, 0.25) is 0 Å². The summed E-state index contributed by atoms with van der Waals surface area (Å²) in [6, 6.07) is 1.93. The number of ether oxygens (including phenoxy) is 1. The summed E-state index contributed by atoms with van der Waals surface area (Å²) in [5, 5.41) is 1.12. The molecule has 2 atom stereocenters. The Kier molecular flexibility index (Phi) is 3.39. The zero-order valence-corrected chi connectivity index (χ0v) is 12.0. The molecule has 0 radical (unpaired) electrons. The molecule has 0 spiro atoms. The minimum atomic E-state index is -0.296. The van der Waals surface area contributed by atoms with Gasteiger partial charge in [0.05, 0.1) is 17.3 Å². The van der Waals surface area contributed by atoms with Gasteiger partial charge >= 0.3 is 5.97 Å². The predicted molar refractivity (Wildman–Crippen MR) is 77.7 cm³/mol. The smallest absolute Gasteiger partial charge is 0.350 e. The Morgan fingerprint density at radius 3 is 2.79 bits per heavy atom. The van der Waals surface area contributed by atoms with Crippen molar-refractivity contribution in [1.29, 1.82) is 0 Å². The first-order valence-corrected chi connectivity index (χ1v) is 7.82. The zero-order chi connectivity index (χ0) is 13.4. The normalized spacial score (nSPS) is 25.6. The van der Waals surface area contributed by atoms with Crippen LogP contribution in [0.5, 0.6) is 0 Å². The summed E-state index contributed by atoms with van der Waals surface area (Å²) >= 11 is 1.47. The molecule has 19 heavy (non-hydrogen) atoms. The lowest BCUT2D eigenvalue weighted by Gasteiger charge is -2.16. The van der Waals surface area contributed by atoms with E-state index >= 15 is 0 Å². The van der Waals surface area contributed by atoms with Crippen LogP contribution in [-0.4, -0.2) is 25.7 Å². The summed E-state index contributed by atoms with van der Waals surface area (Å²) in [6.07, 6.45) is 4.09.